The minimum absolute atomic E-state index is 0.0792. The second-order valence-corrected chi connectivity index (χ2v) is 10.2. The smallest absolute Gasteiger partial charge is 0.255 e. The number of rotatable bonds is 7. The molecular weight excluding hydrogens is 466 g/mol. The average molecular weight is 494 g/mol. The number of thiophene rings is 1. The van der Waals surface area contributed by atoms with E-state index in [4.69, 9.17) is 9.41 Å². The van der Waals surface area contributed by atoms with Crippen LogP contribution in [0.3, 0.4) is 0 Å². The van der Waals surface area contributed by atoms with Crippen LogP contribution in [0.15, 0.2) is 88.6 Å². The van der Waals surface area contributed by atoms with Gasteiger partial charge in [0.05, 0.1) is 18.4 Å². The topological polar surface area (TPSA) is 59.5 Å². The minimum Gasteiger partial charge on any atom is -0.467 e. The second-order valence-electron chi connectivity index (χ2n) is 9.13. The molecule has 0 saturated carbocycles. The summed E-state index contributed by atoms with van der Waals surface area (Å²) in [4.78, 5) is 19.5. The largest absolute Gasteiger partial charge is 0.467 e. The number of nitrogens with one attached hydrogen (secondary N) is 1. The molecule has 3 aromatic heterocycles. The molecule has 0 bridgehead atoms. The summed E-state index contributed by atoms with van der Waals surface area (Å²) >= 11 is 1.66. The van der Waals surface area contributed by atoms with Crippen molar-refractivity contribution in [2.75, 3.05) is 0 Å². The van der Waals surface area contributed by atoms with E-state index < -0.39 is 0 Å². The molecule has 0 atom stereocenters. The normalized spacial score (nSPS) is 13.3. The van der Waals surface area contributed by atoms with Crippen molar-refractivity contribution < 1.29 is 9.21 Å². The first kappa shape index (κ1) is 22.6. The van der Waals surface area contributed by atoms with Gasteiger partial charge in [-0.25, -0.2) is 4.99 Å². The number of nitrogens with zero attached hydrogens (tertiary/aromatic N) is 2. The van der Waals surface area contributed by atoms with Crippen molar-refractivity contribution in [3.05, 3.63) is 112 Å². The van der Waals surface area contributed by atoms with Crippen LogP contribution in [0.1, 0.15) is 50.5 Å². The van der Waals surface area contributed by atoms with E-state index in [-0.39, 0.29) is 5.91 Å². The summed E-state index contributed by atoms with van der Waals surface area (Å²) in [6.07, 6.45) is 9.93. The fourth-order valence-electron chi connectivity index (χ4n) is 4.96. The van der Waals surface area contributed by atoms with Crippen molar-refractivity contribution in [2.24, 2.45) is 4.99 Å². The maximum Gasteiger partial charge on any atom is 0.255 e. The van der Waals surface area contributed by atoms with Crippen LogP contribution in [0.4, 0.5) is 5.00 Å². The van der Waals surface area contributed by atoms with Gasteiger partial charge in [-0.05, 0) is 55.0 Å². The molecule has 2 aromatic carbocycles. The monoisotopic (exact) mass is 493 g/mol. The highest BCUT2D eigenvalue weighted by Gasteiger charge is 2.25. The van der Waals surface area contributed by atoms with E-state index in [9.17, 15) is 4.79 Å². The summed E-state index contributed by atoms with van der Waals surface area (Å²) < 4.78 is 7.66. The number of amides is 1. The molecule has 0 aliphatic heterocycles. The molecule has 5 nitrogen and oxygen atoms in total. The van der Waals surface area contributed by atoms with E-state index in [2.05, 4.69) is 64.6 Å². The third-order valence-corrected chi connectivity index (χ3v) is 7.92. The lowest BCUT2D eigenvalue weighted by molar-refractivity contribution is 0.0948. The lowest BCUT2D eigenvalue weighted by Gasteiger charge is -2.12. The zero-order chi connectivity index (χ0) is 24.3. The van der Waals surface area contributed by atoms with Crippen LogP contribution < -0.4 is 5.32 Å². The van der Waals surface area contributed by atoms with Crippen LogP contribution in [0, 0.1) is 0 Å². The molecule has 0 spiro atoms. The Morgan fingerprint density at radius 2 is 1.86 bits per heavy atom. The SMILES string of the molecule is O=C(NCc1ccco1)c1c(N=Cc2cn(Cc3ccccc3)c3ccccc23)sc2c1CCCC2. The molecule has 36 heavy (non-hydrogen) atoms. The first-order chi connectivity index (χ1) is 17.8. The van der Waals surface area contributed by atoms with Crippen molar-refractivity contribution in [1.82, 2.24) is 9.88 Å². The van der Waals surface area contributed by atoms with Gasteiger partial charge in [-0.15, -0.1) is 11.3 Å². The number of fused-ring (bicyclic) bond motifs is 2. The molecule has 0 fully saturated rings. The highest BCUT2D eigenvalue weighted by atomic mass is 32.1. The van der Waals surface area contributed by atoms with Crippen molar-refractivity contribution in [1.29, 1.82) is 0 Å². The molecule has 1 N–H and O–H groups in total. The van der Waals surface area contributed by atoms with E-state index in [1.165, 1.54) is 21.5 Å². The Labute approximate surface area is 214 Å². The number of carbonyl (C=O) groups excluding carboxylic acids is 1. The quantitative estimate of drug-likeness (QED) is 0.251. The summed E-state index contributed by atoms with van der Waals surface area (Å²) in [5.74, 6) is 0.660. The van der Waals surface area contributed by atoms with Crippen molar-refractivity contribution in [2.45, 2.75) is 38.8 Å². The lowest BCUT2D eigenvalue weighted by Crippen LogP contribution is -2.23. The van der Waals surface area contributed by atoms with Gasteiger partial charge in [0.15, 0.2) is 0 Å². The van der Waals surface area contributed by atoms with Gasteiger partial charge in [0.1, 0.15) is 10.8 Å². The van der Waals surface area contributed by atoms with Gasteiger partial charge >= 0.3 is 0 Å². The predicted octanol–water partition coefficient (Wildman–Crippen LogP) is 6.90. The zero-order valence-corrected chi connectivity index (χ0v) is 20.8. The number of benzene rings is 2. The van der Waals surface area contributed by atoms with E-state index in [1.807, 2.05) is 24.4 Å². The van der Waals surface area contributed by atoms with Gasteiger partial charge in [0.2, 0.25) is 0 Å². The number of furan rings is 1. The molecule has 180 valence electrons. The lowest BCUT2D eigenvalue weighted by atomic mass is 9.95. The van der Waals surface area contributed by atoms with E-state index >= 15 is 0 Å². The van der Waals surface area contributed by atoms with Gasteiger partial charge in [-0.1, -0.05) is 48.5 Å². The number of hydrogen-bond donors (Lipinski definition) is 1. The van der Waals surface area contributed by atoms with Crippen molar-refractivity contribution in [3.63, 3.8) is 0 Å². The standard InChI is InChI=1S/C30H27N3O2S/c34-29(31-18-23-11-8-16-35-23)28-25-13-5-7-15-27(25)36-30(28)32-17-22-20-33(19-21-9-2-1-3-10-21)26-14-6-4-12-24(22)26/h1-4,6,8-12,14,16-17,20H,5,7,13,15,18-19H2,(H,31,34). The zero-order valence-electron chi connectivity index (χ0n) is 19.9. The minimum atomic E-state index is -0.0792. The van der Waals surface area contributed by atoms with Crippen LogP contribution in [-0.2, 0) is 25.9 Å². The molecule has 0 radical (unpaired) electrons. The first-order valence-electron chi connectivity index (χ1n) is 12.4. The van der Waals surface area contributed by atoms with E-state index in [1.54, 1.807) is 17.6 Å². The highest BCUT2D eigenvalue weighted by Crippen LogP contribution is 2.40. The molecule has 1 aliphatic carbocycles. The van der Waals surface area contributed by atoms with Crippen LogP contribution in [0.5, 0.6) is 0 Å². The van der Waals surface area contributed by atoms with E-state index in [0.717, 1.165) is 59.5 Å². The van der Waals surface area contributed by atoms with Gasteiger partial charge in [0, 0.05) is 40.3 Å². The maximum atomic E-state index is 13.3. The summed E-state index contributed by atoms with van der Waals surface area (Å²) in [6.45, 7) is 1.16. The first-order valence-corrected chi connectivity index (χ1v) is 13.2. The number of aliphatic imine (C=N–C) groups is 1. The molecule has 3 heterocycles. The molecular formula is C30H27N3O2S. The Hall–Kier alpha value is -3.90. The van der Waals surface area contributed by atoms with Crippen LogP contribution in [0.2, 0.25) is 0 Å². The summed E-state index contributed by atoms with van der Waals surface area (Å²) in [6, 6.07) is 22.6. The number of aromatic nitrogens is 1. The number of carbonyl (C=O) groups is 1. The summed E-state index contributed by atoms with van der Waals surface area (Å²) in [7, 11) is 0. The Kier molecular flexibility index (Phi) is 6.26. The fraction of sp³-hybridized carbons (Fsp3) is 0.200. The summed E-state index contributed by atoms with van der Waals surface area (Å²) in [5.41, 5.74) is 5.37. The summed E-state index contributed by atoms with van der Waals surface area (Å²) in [5, 5.41) is 4.98. The molecule has 0 unspecified atom stereocenters. The second kappa shape index (κ2) is 9.99. The molecule has 0 saturated heterocycles. The third kappa shape index (κ3) is 4.52. The number of para-hydroxylation sites is 1. The molecule has 6 rings (SSSR count). The Morgan fingerprint density at radius 3 is 2.72 bits per heavy atom. The van der Waals surface area contributed by atoms with Crippen molar-refractivity contribution >= 4 is 39.4 Å². The molecule has 6 heteroatoms. The van der Waals surface area contributed by atoms with Crippen LogP contribution in [-0.4, -0.2) is 16.7 Å². The van der Waals surface area contributed by atoms with Crippen molar-refractivity contribution in [3.8, 4) is 0 Å². The van der Waals surface area contributed by atoms with Gasteiger partial charge in [-0.2, -0.15) is 0 Å². The Morgan fingerprint density at radius 1 is 1.03 bits per heavy atom. The molecule has 1 amide bonds. The highest BCUT2D eigenvalue weighted by molar-refractivity contribution is 7.16. The van der Waals surface area contributed by atoms with Crippen LogP contribution in [0.25, 0.3) is 10.9 Å². The molecule has 1 aliphatic rings. The van der Waals surface area contributed by atoms with Crippen LogP contribution >= 0.6 is 11.3 Å². The van der Waals surface area contributed by atoms with Gasteiger partial charge in [-0.3, -0.25) is 4.79 Å². The fourth-order valence-corrected chi connectivity index (χ4v) is 6.19. The molecule has 5 aromatic rings. The predicted molar refractivity (Wildman–Crippen MR) is 146 cm³/mol. The Balaban J connectivity index is 1.33. The van der Waals surface area contributed by atoms with Gasteiger partial charge in [0.25, 0.3) is 5.91 Å². The van der Waals surface area contributed by atoms with E-state index in [0.29, 0.717) is 6.54 Å². The Bertz CT molecular complexity index is 1530. The number of aryl methyl sites for hydroxylation is 1. The third-order valence-electron chi connectivity index (χ3n) is 6.72. The number of hydrogen-bond acceptors (Lipinski definition) is 4. The average Bonchev–Trinajstić information content (AvgIpc) is 3.65. The van der Waals surface area contributed by atoms with Gasteiger partial charge < -0.3 is 14.3 Å². The maximum absolute atomic E-state index is 13.3.